The molecule has 2 rings (SSSR count). The number of nitrogens with two attached hydrogens (primary N) is 1. The van der Waals surface area contributed by atoms with Crippen LogP contribution in [0, 0.1) is 11.6 Å². The van der Waals surface area contributed by atoms with E-state index in [-0.39, 0.29) is 23.5 Å². The Morgan fingerprint density at radius 2 is 2.16 bits per heavy atom. The molecule has 1 aromatic carbocycles. The van der Waals surface area contributed by atoms with Gasteiger partial charge in [0.1, 0.15) is 23.5 Å². The topological polar surface area (TPSA) is 69.4 Å². The number of primary amides is 1. The van der Waals surface area contributed by atoms with Crippen LogP contribution in [0.5, 0.6) is 0 Å². The van der Waals surface area contributed by atoms with Crippen molar-refractivity contribution in [2.45, 2.75) is 17.8 Å². The second kappa shape index (κ2) is 5.56. The monoisotopic (exact) mass is 287 g/mol. The molecule has 102 valence electrons. The molecule has 0 spiro atoms. The van der Waals surface area contributed by atoms with Crippen molar-refractivity contribution in [2.75, 3.05) is 5.75 Å². The molecule has 2 N–H and O–H groups in total. The molecular weight excluding hydrogens is 276 g/mol. The first-order chi connectivity index (χ1) is 8.97. The smallest absolute Gasteiger partial charge is 0.404 e. The first-order valence-electron chi connectivity index (χ1n) is 5.51. The van der Waals surface area contributed by atoms with Crippen LogP contribution in [0.3, 0.4) is 0 Å². The summed E-state index contributed by atoms with van der Waals surface area (Å²) in [4.78, 5) is 22.2. The molecule has 0 unspecified atom stereocenters. The van der Waals surface area contributed by atoms with Gasteiger partial charge in [-0.05, 0) is 18.2 Å². The Morgan fingerprint density at radius 1 is 1.42 bits per heavy atom. The predicted molar refractivity (Wildman–Crippen MR) is 65.6 cm³/mol. The Hall–Kier alpha value is -1.63. The number of carbonyl (C=O) groups excluding carboxylic acids is 2. The van der Waals surface area contributed by atoms with E-state index in [1.807, 2.05) is 0 Å². The number of hydrogen-bond acceptors (Lipinski definition) is 4. The van der Waals surface area contributed by atoms with Gasteiger partial charge in [0.05, 0.1) is 11.0 Å². The average molecular weight is 287 g/mol. The standard InChI is InChI=1S/C12H11F2NO3S/c13-6-1-2-9(14)8(3-6)11-10(18-12(15)17)4-7(16)5-19-11/h1-3,10-11H,4-5H2,(H2,15,17)/t10-,11+/m1/s1. The highest BCUT2D eigenvalue weighted by molar-refractivity contribution is 8.00. The fraction of sp³-hybridized carbons (Fsp3) is 0.333. The predicted octanol–water partition coefficient (Wildman–Crippen LogP) is 2.18. The minimum absolute atomic E-state index is 0.0451. The normalized spacial score (nSPS) is 23.2. The van der Waals surface area contributed by atoms with E-state index in [0.717, 1.165) is 30.0 Å². The van der Waals surface area contributed by atoms with Crippen molar-refractivity contribution in [2.24, 2.45) is 5.73 Å². The van der Waals surface area contributed by atoms with E-state index in [1.54, 1.807) is 0 Å². The van der Waals surface area contributed by atoms with Crippen molar-refractivity contribution in [3.05, 3.63) is 35.4 Å². The summed E-state index contributed by atoms with van der Waals surface area (Å²) in [6.07, 6.45) is -1.96. The summed E-state index contributed by atoms with van der Waals surface area (Å²) >= 11 is 1.11. The van der Waals surface area contributed by atoms with Gasteiger partial charge in [-0.25, -0.2) is 13.6 Å². The number of carbonyl (C=O) groups is 2. The van der Waals surface area contributed by atoms with E-state index in [4.69, 9.17) is 10.5 Å². The number of halogens is 2. The fourth-order valence-corrected chi connectivity index (χ4v) is 3.17. The van der Waals surface area contributed by atoms with Crippen molar-refractivity contribution in [1.82, 2.24) is 0 Å². The van der Waals surface area contributed by atoms with Crippen LogP contribution >= 0.6 is 11.8 Å². The minimum Gasteiger partial charge on any atom is -0.444 e. The highest BCUT2D eigenvalue weighted by Crippen LogP contribution is 2.40. The Morgan fingerprint density at radius 3 is 2.84 bits per heavy atom. The highest BCUT2D eigenvalue weighted by Gasteiger charge is 2.35. The zero-order valence-electron chi connectivity index (χ0n) is 9.77. The van der Waals surface area contributed by atoms with Gasteiger partial charge >= 0.3 is 6.09 Å². The van der Waals surface area contributed by atoms with Gasteiger partial charge in [0.25, 0.3) is 0 Å². The van der Waals surface area contributed by atoms with Gasteiger partial charge in [-0.2, -0.15) is 0 Å². The van der Waals surface area contributed by atoms with Crippen LogP contribution in [-0.4, -0.2) is 23.7 Å². The zero-order valence-corrected chi connectivity index (χ0v) is 10.6. The van der Waals surface area contributed by atoms with E-state index < -0.39 is 29.1 Å². The first-order valence-corrected chi connectivity index (χ1v) is 6.56. The number of Topliss-reactive ketones (excluding diaryl/α,β-unsaturated/α-hetero) is 1. The van der Waals surface area contributed by atoms with Crippen LogP contribution in [0.4, 0.5) is 13.6 Å². The number of thioether (sulfide) groups is 1. The molecule has 1 aliphatic rings. The Kier molecular flexibility index (Phi) is 4.04. The molecule has 0 bridgehead atoms. The molecule has 0 aliphatic carbocycles. The molecule has 0 aromatic heterocycles. The van der Waals surface area contributed by atoms with E-state index in [0.29, 0.717) is 0 Å². The molecule has 1 aliphatic heterocycles. The molecule has 1 heterocycles. The van der Waals surface area contributed by atoms with E-state index >= 15 is 0 Å². The maximum atomic E-state index is 13.7. The Balaban J connectivity index is 2.31. The quantitative estimate of drug-likeness (QED) is 0.905. The van der Waals surface area contributed by atoms with Gasteiger partial charge in [0.2, 0.25) is 0 Å². The van der Waals surface area contributed by atoms with Gasteiger partial charge in [-0.3, -0.25) is 4.79 Å². The highest BCUT2D eigenvalue weighted by atomic mass is 32.2. The van der Waals surface area contributed by atoms with Crippen LogP contribution in [0.1, 0.15) is 17.2 Å². The number of benzene rings is 1. The summed E-state index contributed by atoms with van der Waals surface area (Å²) < 4.78 is 31.8. The van der Waals surface area contributed by atoms with Gasteiger partial charge in [0, 0.05) is 12.0 Å². The molecular formula is C12H11F2NO3S. The summed E-state index contributed by atoms with van der Waals surface area (Å²) in [5, 5.41) is -0.638. The summed E-state index contributed by atoms with van der Waals surface area (Å²) in [6.45, 7) is 0. The second-order valence-corrected chi connectivity index (χ2v) is 5.25. The number of rotatable bonds is 2. The Bertz CT molecular complexity index is 522. The van der Waals surface area contributed by atoms with E-state index in [2.05, 4.69) is 0 Å². The maximum Gasteiger partial charge on any atom is 0.404 e. The fourth-order valence-electron chi connectivity index (χ4n) is 1.96. The number of ketones is 1. The molecule has 0 saturated carbocycles. The number of ether oxygens (including phenoxy) is 1. The zero-order chi connectivity index (χ0) is 14.0. The summed E-state index contributed by atoms with van der Waals surface area (Å²) in [5.74, 6) is -1.15. The van der Waals surface area contributed by atoms with Crippen molar-refractivity contribution >= 4 is 23.6 Å². The summed E-state index contributed by atoms with van der Waals surface area (Å²) in [6, 6.07) is 3.05. The van der Waals surface area contributed by atoms with Crippen molar-refractivity contribution < 1.29 is 23.1 Å². The second-order valence-electron chi connectivity index (χ2n) is 4.12. The summed E-state index contributed by atoms with van der Waals surface area (Å²) in [7, 11) is 0. The molecule has 2 atom stereocenters. The number of amides is 1. The van der Waals surface area contributed by atoms with Crippen molar-refractivity contribution in [3.63, 3.8) is 0 Å². The van der Waals surface area contributed by atoms with Crippen LogP contribution in [0.2, 0.25) is 0 Å². The Labute approximate surface area is 112 Å². The minimum atomic E-state index is -1.04. The molecule has 1 fully saturated rings. The first kappa shape index (κ1) is 13.8. The average Bonchev–Trinajstić information content (AvgIpc) is 2.32. The van der Waals surface area contributed by atoms with E-state index in [9.17, 15) is 18.4 Å². The van der Waals surface area contributed by atoms with Crippen LogP contribution in [0.15, 0.2) is 18.2 Å². The molecule has 1 saturated heterocycles. The molecule has 4 nitrogen and oxygen atoms in total. The van der Waals surface area contributed by atoms with Gasteiger partial charge < -0.3 is 10.5 Å². The molecule has 0 radical (unpaired) electrons. The SMILES string of the molecule is NC(=O)O[C@@H]1CC(=O)CS[C@H]1c1cc(F)ccc1F. The molecule has 7 heteroatoms. The van der Waals surface area contributed by atoms with Gasteiger partial charge in [0.15, 0.2) is 0 Å². The van der Waals surface area contributed by atoms with Crippen LogP contribution in [0.25, 0.3) is 0 Å². The lowest BCUT2D eigenvalue weighted by atomic mass is 10.0. The largest absolute Gasteiger partial charge is 0.444 e. The van der Waals surface area contributed by atoms with Gasteiger partial charge in [-0.15, -0.1) is 11.8 Å². The van der Waals surface area contributed by atoms with Crippen molar-refractivity contribution in [3.8, 4) is 0 Å². The molecule has 1 aromatic rings. The molecule has 1 amide bonds. The lowest BCUT2D eigenvalue weighted by Crippen LogP contribution is -2.34. The third-order valence-corrected chi connectivity index (χ3v) is 4.13. The lowest BCUT2D eigenvalue weighted by Gasteiger charge is -2.29. The molecule has 19 heavy (non-hydrogen) atoms. The lowest BCUT2D eigenvalue weighted by molar-refractivity contribution is -0.118. The van der Waals surface area contributed by atoms with E-state index in [1.165, 1.54) is 0 Å². The number of hydrogen-bond donors (Lipinski definition) is 1. The van der Waals surface area contributed by atoms with Crippen molar-refractivity contribution in [1.29, 1.82) is 0 Å². The van der Waals surface area contributed by atoms with Crippen LogP contribution < -0.4 is 5.73 Å². The third-order valence-electron chi connectivity index (χ3n) is 2.72. The summed E-state index contributed by atoms with van der Waals surface area (Å²) in [5.41, 5.74) is 5.00. The third kappa shape index (κ3) is 3.23. The van der Waals surface area contributed by atoms with Crippen LogP contribution in [-0.2, 0) is 9.53 Å². The maximum absolute atomic E-state index is 13.7. The van der Waals surface area contributed by atoms with Gasteiger partial charge in [-0.1, -0.05) is 0 Å².